The van der Waals surface area contributed by atoms with Crippen molar-refractivity contribution in [2.75, 3.05) is 6.61 Å². The number of ether oxygens (including phenoxy) is 1. The predicted molar refractivity (Wildman–Crippen MR) is 82.6 cm³/mol. The highest BCUT2D eigenvalue weighted by atomic mass is 32.1. The number of amides is 1. The van der Waals surface area contributed by atoms with Gasteiger partial charge in [0.1, 0.15) is 4.88 Å². The molecule has 0 radical (unpaired) electrons. The molecule has 0 spiro atoms. The Labute approximate surface area is 142 Å². The average Bonchev–Trinajstić information content (AvgIpc) is 2.93. The largest absolute Gasteiger partial charge is 0.425 e. The van der Waals surface area contributed by atoms with Crippen molar-refractivity contribution in [2.24, 2.45) is 0 Å². The van der Waals surface area contributed by atoms with E-state index in [2.05, 4.69) is 5.32 Å². The molecule has 1 N–H and O–H groups in total. The van der Waals surface area contributed by atoms with Crippen LogP contribution in [0.2, 0.25) is 0 Å². The third kappa shape index (κ3) is 3.19. The van der Waals surface area contributed by atoms with Gasteiger partial charge in [0.05, 0.1) is 12.1 Å². The van der Waals surface area contributed by atoms with Crippen LogP contribution in [0.4, 0.5) is 13.2 Å². The maximum atomic E-state index is 12.8. The number of thiophene rings is 1. The summed E-state index contributed by atoms with van der Waals surface area (Å²) in [6.45, 7) is 1.02. The van der Waals surface area contributed by atoms with Crippen LogP contribution >= 0.6 is 11.3 Å². The van der Waals surface area contributed by atoms with Crippen LogP contribution in [0.1, 0.15) is 35.4 Å². The molecule has 1 amide bonds. The quantitative estimate of drug-likeness (QED) is 0.898. The second kappa shape index (κ2) is 6.00. The van der Waals surface area contributed by atoms with E-state index >= 15 is 0 Å². The normalized spacial score (nSPS) is 30.5. The smallest absolute Gasteiger partial charge is 0.376 e. The van der Waals surface area contributed by atoms with Crippen LogP contribution < -0.4 is 5.32 Å². The van der Waals surface area contributed by atoms with E-state index in [9.17, 15) is 18.0 Å². The number of carbonyl (C=O) groups excluding carboxylic acids is 1. The van der Waals surface area contributed by atoms with Crippen LogP contribution in [0.5, 0.6) is 0 Å². The Bertz CT molecular complexity index is 629. The number of nitrogens with one attached hydrogen (secondary N) is 1. The Morgan fingerprint density at radius 3 is 2.79 bits per heavy atom. The molecular formula is C16H19F3N2O2S. The van der Waals surface area contributed by atoms with Gasteiger partial charge in [0.2, 0.25) is 5.91 Å². The number of hydrogen-bond acceptors (Lipinski definition) is 4. The van der Waals surface area contributed by atoms with Crippen molar-refractivity contribution in [1.82, 2.24) is 10.2 Å². The predicted octanol–water partition coefficient (Wildman–Crippen LogP) is 2.78. The second-order valence-electron chi connectivity index (χ2n) is 6.74. The first kappa shape index (κ1) is 16.4. The maximum Gasteiger partial charge on any atom is 0.425 e. The molecule has 4 rings (SSSR count). The first-order valence-corrected chi connectivity index (χ1v) is 9.07. The van der Waals surface area contributed by atoms with Gasteiger partial charge in [0.15, 0.2) is 0 Å². The van der Waals surface area contributed by atoms with Crippen molar-refractivity contribution in [3.8, 4) is 0 Å². The summed E-state index contributed by atoms with van der Waals surface area (Å²) < 4.78 is 44.1. The molecule has 3 atom stereocenters. The van der Waals surface area contributed by atoms with Crippen LogP contribution in [0, 0.1) is 0 Å². The van der Waals surface area contributed by atoms with Gasteiger partial charge in [-0.25, -0.2) is 0 Å². The minimum absolute atomic E-state index is 0.0110. The van der Waals surface area contributed by atoms with Gasteiger partial charge in [-0.05, 0) is 37.8 Å². The van der Waals surface area contributed by atoms with Crippen molar-refractivity contribution in [3.63, 3.8) is 0 Å². The molecule has 3 fully saturated rings. The number of hydrogen-bond donors (Lipinski definition) is 1. The first-order chi connectivity index (χ1) is 11.4. The Morgan fingerprint density at radius 1 is 1.33 bits per heavy atom. The number of alkyl halides is 3. The molecule has 2 aliphatic heterocycles. The Kier molecular flexibility index (Phi) is 4.09. The summed E-state index contributed by atoms with van der Waals surface area (Å²) in [6, 6.07) is 2.73. The molecule has 1 aromatic rings. The van der Waals surface area contributed by atoms with Gasteiger partial charge >= 0.3 is 6.18 Å². The van der Waals surface area contributed by atoms with Gasteiger partial charge in [-0.2, -0.15) is 13.2 Å². The van der Waals surface area contributed by atoms with Gasteiger partial charge in [0.25, 0.3) is 0 Å². The molecule has 3 heterocycles. The van der Waals surface area contributed by atoms with E-state index in [0.717, 1.165) is 36.7 Å². The van der Waals surface area contributed by atoms with Crippen LogP contribution in [-0.4, -0.2) is 41.6 Å². The number of carbonyl (C=O) groups is 1. The summed E-state index contributed by atoms with van der Waals surface area (Å²) in [5.74, 6) is -0.0110. The van der Waals surface area contributed by atoms with Gasteiger partial charge < -0.3 is 10.1 Å². The number of rotatable bonds is 4. The standard InChI is InChI=1S/C16H19F3N2O2S/c17-16(18,19)14-4-3-10(24-14)8-21-11-5-6-23-13(11)7-12(21)15(22)20-9-1-2-9/h3-4,9,11-13H,1-2,5-8H2,(H,20,22)/t11-,12-,13-/m0/s1. The zero-order valence-corrected chi connectivity index (χ0v) is 13.8. The van der Waals surface area contributed by atoms with Gasteiger partial charge in [-0.15, -0.1) is 11.3 Å². The SMILES string of the molecule is O=C(NC1CC1)[C@@H]1C[C@@H]2OCC[C@@H]2N1Cc1ccc(C(F)(F)F)s1. The first-order valence-electron chi connectivity index (χ1n) is 8.25. The minimum Gasteiger partial charge on any atom is -0.376 e. The van der Waals surface area contributed by atoms with E-state index in [1.165, 1.54) is 6.07 Å². The summed E-state index contributed by atoms with van der Waals surface area (Å²) in [5, 5.41) is 3.02. The summed E-state index contributed by atoms with van der Waals surface area (Å²) in [7, 11) is 0. The fourth-order valence-corrected chi connectivity index (χ4v) is 4.52. The summed E-state index contributed by atoms with van der Waals surface area (Å²) >= 11 is 0.762. The number of nitrogens with zero attached hydrogens (tertiary/aromatic N) is 1. The highest BCUT2D eigenvalue weighted by molar-refractivity contribution is 7.12. The lowest BCUT2D eigenvalue weighted by molar-refractivity contribution is -0.134. The molecule has 2 saturated heterocycles. The van der Waals surface area contributed by atoms with E-state index in [1.54, 1.807) is 0 Å². The molecule has 1 aliphatic carbocycles. The van der Waals surface area contributed by atoms with Crippen molar-refractivity contribution in [2.45, 2.75) is 62.6 Å². The molecule has 1 aromatic heterocycles. The average molecular weight is 360 g/mol. The monoisotopic (exact) mass is 360 g/mol. The zero-order valence-electron chi connectivity index (χ0n) is 13.0. The molecule has 4 nitrogen and oxygen atoms in total. The molecule has 0 aromatic carbocycles. The van der Waals surface area contributed by atoms with Crippen molar-refractivity contribution in [3.05, 3.63) is 21.9 Å². The van der Waals surface area contributed by atoms with Crippen LogP contribution in [-0.2, 0) is 22.3 Å². The van der Waals surface area contributed by atoms with Crippen LogP contribution in [0.3, 0.4) is 0 Å². The molecular weight excluding hydrogens is 341 g/mol. The van der Waals surface area contributed by atoms with Gasteiger partial charge in [-0.3, -0.25) is 9.69 Å². The highest BCUT2D eigenvalue weighted by Gasteiger charge is 2.48. The number of likely N-dealkylation sites (tertiary alicyclic amines) is 1. The molecule has 24 heavy (non-hydrogen) atoms. The van der Waals surface area contributed by atoms with E-state index in [1.807, 2.05) is 4.90 Å². The van der Waals surface area contributed by atoms with Gasteiger partial charge in [0, 0.05) is 30.1 Å². The Morgan fingerprint density at radius 2 is 2.12 bits per heavy atom. The fraction of sp³-hybridized carbons (Fsp3) is 0.688. The number of fused-ring (bicyclic) bond motifs is 1. The molecule has 0 unspecified atom stereocenters. The third-order valence-corrected chi connectivity index (χ3v) is 6.08. The van der Waals surface area contributed by atoms with E-state index in [-0.39, 0.29) is 30.1 Å². The lowest BCUT2D eigenvalue weighted by atomic mass is 10.1. The fourth-order valence-electron chi connectivity index (χ4n) is 3.63. The topological polar surface area (TPSA) is 41.6 Å². The van der Waals surface area contributed by atoms with Crippen molar-refractivity contribution >= 4 is 17.2 Å². The summed E-state index contributed by atoms with van der Waals surface area (Å²) in [5.41, 5.74) is 0. The summed E-state index contributed by atoms with van der Waals surface area (Å²) in [6.07, 6.45) is -0.809. The van der Waals surface area contributed by atoms with E-state index in [0.29, 0.717) is 24.4 Å². The summed E-state index contributed by atoms with van der Waals surface area (Å²) in [4.78, 5) is 14.6. The molecule has 132 valence electrons. The molecule has 0 bridgehead atoms. The van der Waals surface area contributed by atoms with Gasteiger partial charge in [-0.1, -0.05) is 0 Å². The maximum absolute atomic E-state index is 12.8. The zero-order chi connectivity index (χ0) is 16.9. The minimum atomic E-state index is -4.31. The third-order valence-electron chi connectivity index (χ3n) is 4.96. The second-order valence-corrected chi connectivity index (χ2v) is 7.90. The molecule has 1 saturated carbocycles. The Balaban J connectivity index is 1.51. The van der Waals surface area contributed by atoms with Crippen molar-refractivity contribution in [1.29, 1.82) is 0 Å². The number of halogens is 3. The van der Waals surface area contributed by atoms with E-state index in [4.69, 9.17) is 4.74 Å². The van der Waals surface area contributed by atoms with E-state index < -0.39 is 11.1 Å². The van der Waals surface area contributed by atoms with Crippen LogP contribution in [0.15, 0.2) is 12.1 Å². The molecule has 3 aliphatic rings. The lowest BCUT2D eigenvalue weighted by Crippen LogP contribution is -2.46. The van der Waals surface area contributed by atoms with Crippen molar-refractivity contribution < 1.29 is 22.7 Å². The lowest BCUT2D eigenvalue weighted by Gasteiger charge is -2.27. The molecule has 8 heteroatoms. The highest BCUT2D eigenvalue weighted by Crippen LogP contribution is 2.38. The Hall–Kier alpha value is -1.12. The van der Waals surface area contributed by atoms with Crippen LogP contribution in [0.25, 0.3) is 0 Å².